The van der Waals surface area contributed by atoms with E-state index in [0.717, 1.165) is 29.7 Å². The molecule has 0 aromatic heterocycles. The lowest BCUT2D eigenvalue weighted by molar-refractivity contribution is -0.116. The van der Waals surface area contributed by atoms with Crippen LogP contribution in [0.15, 0.2) is 52.3 Å². The van der Waals surface area contributed by atoms with Gasteiger partial charge in [0, 0.05) is 29.7 Å². The topological polar surface area (TPSA) is 66.5 Å². The van der Waals surface area contributed by atoms with Gasteiger partial charge in [-0.2, -0.15) is 0 Å². The van der Waals surface area contributed by atoms with Crippen LogP contribution in [0, 0.1) is 0 Å². The molecule has 7 heteroatoms. The van der Waals surface area contributed by atoms with Crippen molar-refractivity contribution in [1.82, 2.24) is 4.72 Å². The van der Waals surface area contributed by atoms with Crippen molar-refractivity contribution in [2.45, 2.75) is 54.2 Å². The summed E-state index contributed by atoms with van der Waals surface area (Å²) in [5, 5.41) is 0.274. The minimum Gasteiger partial charge on any atom is -0.310 e. The normalized spacial score (nSPS) is 21.7. The van der Waals surface area contributed by atoms with Gasteiger partial charge in [-0.05, 0) is 48.6 Å². The molecule has 5 nitrogen and oxygen atoms in total. The maximum absolute atomic E-state index is 13.1. The minimum absolute atomic E-state index is 0.0721. The number of nitrogens with zero attached hydrogens (tertiary/aromatic N) is 1. The van der Waals surface area contributed by atoms with Gasteiger partial charge in [0.1, 0.15) is 0 Å². The van der Waals surface area contributed by atoms with E-state index in [1.165, 1.54) is 12.5 Å². The Kier molecular flexibility index (Phi) is 5.24. The van der Waals surface area contributed by atoms with Crippen molar-refractivity contribution in [3.8, 4) is 0 Å². The Labute approximate surface area is 170 Å². The number of fused-ring (bicyclic) bond motifs is 2. The van der Waals surface area contributed by atoms with Crippen LogP contribution in [0.5, 0.6) is 0 Å². The monoisotopic (exact) mass is 416 g/mol. The molecule has 0 fully saturated rings. The van der Waals surface area contributed by atoms with Crippen LogP contribution in [0.25, 0.3) is 0 Å². The Morgan fingerprint density at radius 2 is 2.00 bits per heavy atom. The van der Waals surface area contributed by atoms with Crippen LogP contribution in [0.2, 0.25) is 0 Å². The summed E-state index contributed by atoms with van der Waals surface area (Å²) in [4.78, 5) is 14.9. The number of hydrogen-bond donors (Lipinski definition) is 1. The summed E-state index contributed by atoms with van der Waals surface area (Å²) in [5.74, 6) is -0.0721. The van der Waals surface area contributed by atoms with E-state index in [1.54, 1.807) is 28.8 Å². The van der Waals surface area contributed by atoms with Gasteiger partial charge in [0.05, 0.1) is 10.6 Å². The molecule has 2 aliphatic rings. The van der Waals surface area contributed by atoms with E-state index in [-0.39, 0.29) is 22.1 Å². The van der Waals surface area contributed by atoms with Crippen LogP contribution >= 0.6 is 11.8 Å². The Balaban J connectivity index is 1.66. The van der Waals surface area contributed by atoms with Gasteiger partial charge in [-0.25, -0.2) is 13.1 Å². The Morgan fingerprint density at radius 3 is 2.79 bits per heavy atom. The molecule has 0 spiro atoms. The van der Waals surface area contributed by atoms with Gasteiger partial charge in [0.2, 0.25) is 15.9 Å². The molecule has 2 atom stereocenters. The molecule has 1 amide bonds. The quantitative estimate of drug-likeness (QED) is 0.824. The molecule has 1 N–H and O–H groups in total. The van der Waals surface area contributed by atoms with Crippen molar-refractivity contribution in [3.63, 3.8) is 0 Å². The number of sulfonamides is 1. The maximum atomic E-state index is 13.1. The average molecular weight is 417 g/mol. The first-order valence-corrected chi connectivity index (χ1v) is 11.9. The van der Waals surface area contributed by atoms with Gasteiger partial charge in [-0.3, -0.25) is 4.79 Å². The highest BCUT2D eigenvalue weighted by atomic mass is 32.2. The fourth-order valence-electron chi connectivity index (χ4n) is 4.01. The second-order valence-corrected chi connectivity index (χ2v) is 10.6. The molecule has 0 saturated heterocycles. The Morgan fingerprint density at radius 1 is 1.21 bits per heavy atom. The molecule has 2 aromatic carbocycles. The fourth-order valence-corrected chi connectivity index (χ4v) is 6.38. The van der Waals surface area contributed by atoms with Gasteiger partial charge in [-0.1, -0.05) is 31.2 Å². The van der Waals surface area contributed by atoms with Crippen molar-refractivity contribution in [2.75, 3.05) is 11.4 Å². The number of amides is 1. The highest BCUT2D eigenvalue weighted by molar-refractivity contribution is 8.00. The summed E-state index contributed by atoms with van der Waals surface area (Å²) in [5.41, 5.74) is 2.95. The van der Waals surface area contributed by atoms with Gasteiger partial charge in [-0.15, -0.1) is 11.8 Å². The zero-order valence-corrected chi connectivity index (χ0v) is 17.6. The minimum atomic E-state index is -3.70. The molecular formula is C21H24N2O3S2. The largest absolute Gasteiger partial charge is 0.310 e. The van der Waals surface area contributed by atoms with Crippen LogP contribution in [0.4, 0.5) is 5.69 Å². The first-order chi connectivity index (χ1) is 13.3. The maximum Gasteiger partial charge on any atom is 0.241 e. The van der Waals surface area contributed by atoms with E-state index in [9.17, 15) is 13.2 Å². The summed E-state index contributed by atoms with van der Waals surface area (Å²) >= 11 is 1.67. The molecule has 4 rings (SSSR count). The first kappa shape index (κ1) is 19.5. The van der Waals surface area contributed by atoms with Crippen LogP contribution < -0.4 is 9.62 Å². The molecule has 1 heterocycles. The standard InChI is InChI=1S/C21H24N2O3S2/c1-14-13-23(15(2)24)20-12-17(10-11-21(20)27-14)28(25,26)22-19-9-5-7-16-6-3-4-8-18(16)19/h3-4,6,8,10-12,14,19,22H,5,7,9,13H2,1-2H3. The zero-order valence-electron chi connectivity index (χ0n) is 16.0. The number of carbonyl (C=O) groups is 1. The number of hydrogen-bond acceptors (Lipinski definition) is 4. The molecule has 1 aliphatic carbocycles. The Bertz CT molecular complexity index is 1020. The van der Waals surface area contributed by atoms with E-state index in [0.29, 0.717) is 12.2 Å². The lowest BCUT2D eigenvalue weighted by Gasteiger charge is -2.32. The Hall–Kier alpha value is -1.83. The predicted molar refractivity (Wildman–Crippen MR) is 112 cm³/mol. The highest BCUT2D eigenvalue weighted by Crippen LogP contribution is 2.40. The molecule has 28 heavy (non-hydrogen) atoms. The number of thioether (sulfide) groups is 1. The van der Waals surface area contributed by atoms with Crippen LogP contribution in [-0.4, -0.2) is 26.1 Å². The van der Waals surface area contributed by atoms with Crippen molar-refractivity contribution in [1.29, 1.82) is 0 Å². The van der Waals surface area contributed by atoms with Crippen LogP contribution in [0.1, 0.15) is 43.9 Å². The first-order valence-electron chi connectivity index (χ1n) is 9.54. The van der Waals surface area contributed by atoms with E-state index in [1.807, 2.05) is 24.3 Å². The summed E-state index contributed by atoms with van der Waals surface area (Å²) in [7, 11) is -3.70. The second-order valence-electron chi connectivity index (χ2n) is 7.45. The van der Waals surface area contributed by atoms with E-state index >= 15 is 0 Å². The van der Waals surface area contributed by atoms with Crippen molar-refractivity contribution >= 4 is 33.4 Å². The zero-order chi connectivity index (χ0) is 19.9. The van der Waals surface area contributed by atoms with E-state index in [4.69, 9.17) is 0 Å². The average Bonchev–Trinajstić information content (AvgIpc) is 2.67. The molecule has 2 unspecified atom stereocenters. The van der Waals surface area contributed by atoms with Crippen LogP contribution in [-0.2, 0) is 21.2 Å². The van der Waals surface area contributed by atoms with Crippen molar-refractivity contribution in [3.05, 3.63) is 53.6 Å². The van der Waals surface area contributed by atoms with Gasteiger partial charge in [0.25, 0.3) is 0 Å². The lowest BCUT2D eigenvalue weighted by Crippen LogP contribution is -2.37. The number of rotatable bonds is 3. The third kappa shape index (κ3) is 3.71. The molecular weight excluding hydrogens is 392 g/mol. The molecule has 0 radical (unpaired) electrons. The van der Waals surface area contributed by atoms with Gasteiger partial charge in [0.15, 0.2) is 0 Å². The molecule has 148 valence electrons. The van der Waals surface area contributed by atoms with Crippen molar-refractivity contribution < 1.29 is 13.2 Å². The van der Waals surface area contributed by atoms with Gasteiger partial charge >= 0.3 is 0 Å². The number of aryl methyl sites for hydroxylation is 1. The predicted octanol–water partition coefficient (Wildman–Crippen LogP) is 3.89. The number of benzene rings is 2. The SMILES string of the molecule is CC(=O)N1CC(C)Sc2ccc(S(=O)(=O)NC3CCCc4ccccc43)cc21. The third-order valence-corrected chi connectivity index (χ3v) is 7.97. The number of nitrogens with one attached hydrogen (secondary N) is 1. The van der Waals surface area contributed by atoms with Crippen molar-refractivity contribution in [2.24, 2.45) is 0 Å². The molecule has 0 bridgehead atoms. The second kappa shape index (κ2) is 7.54. The summed E-state index contributed by atoms with van der Waals surface area (Å²) in [6.07, 6.45) is 2.73. The molecule has 0 saturated carbocycles. The molecule has 2 aromatic rings. The van der Waals surface area contributed by atoms with Gasteiger partial charge < -0.3 is 4.90 Å². The summed E-state index contributed by atoms with van der Waals surface area (Å²) in [6, 6.07) is 12.9. The number of anilines is 1. The fraction of sp³-hybridized carbons (Fsp3) is 0.381. The van der Waals surface area contributed by atoms with Crippen LogP contribution in [0.3, 0.4) is 0 Å². The number of carbonyl (C=O) groups excluding carboxylic acids is 1. The lowest BCUT2D eigenvalue weighted by atomic mass is 9.88. The summed E-state index contributed by atoms with van der Waals surface area (Å²) < 4.78 is 29.1. The third-order valence-electron chi connectivity index (χ3n) is 5.35. The molecule has 1 aliphatic heterocycles. The van der Waals surface area contributed by atoms with E-state index < -0.39 is 10.0 Å². The smallest absolute Gasteiger partial charge is 0.241 e. The van der Waals surface area contributed by atoms with E-state index in [2.05, 4.69) is 17.7 Å². The highest BCUT2D eigenvalue weighted by Gasteiger charge is 2.29. The summed E-state index contributed by atoms with van der Waals surface area (Å²) in [6.45, 7) is 4.17.